The molecule has 0 unspecified atom stereocenters. The van der Waals surface area contributed by atoms with Gasteiger partial charge in [-0.3, -0.25) is 12.2 Å². The number of allylic oxidation sites excluding steroid dienone is 8. The third kappa shape index (κ3) is 16.5. The van der Waals surface area contributed by atoms with E-state index in [1.807, 2.05) is 0 Å². The van der Waals surface area contributed by atoms with Gasteiger partial charge in [-0.25, -0.2) is 23.3 Å². The van der Waals surface area contributed by atoms with Crippen molar-refractivity contribution in [1.82, 2.24) is 0 Å². The molecule has 0 saturated carbocycles. The van der Waals surface area contributed by atoms with Crippen LogP contribution in [0, 0.1) is 12.2 Å². The van der Waals surface area contributed by atoms with Crippen LogP contribution in [-0.2, 0) is 19.2 Å². The van der Waals surface area contributed by atoms with Crippen LogP contribution >= 0.6 is 0 Å². The predicted molar refractivity (Wildman–Crippen MR) is 79.1 cm³/mol. The Bertz CT molecular complexity index is 380. The van der Waals surface area contributed by atoms with E-state index in [2.05, 4.69) is 84.3 Å². The smallest absolute Gasteiger partial charge is 1.00 e. The maximum absolute atomic E-state index is 3.19. The average molecular weight is 363 g/mol. The van der Waals surface area contributed by atoms with Crippen molar-refractivity contribution in [2.45, 2.75) is 53.6 Å². The molecule has 0 N–H and O–H groups in total. The molecule has 2 rings (SSSR count). The quantitative estimate of drug-likeness (QED) is 0.381. The largest absolute Gasteiger partial charge is 1.00 e. The van der Waals surface area contributed by atoms with Crippen LogP contribution < -0.4 is 24.8 Å². The minimum atomic E-state index is 0. The maximum atomic E-state index is 3.19. The Kier molecular flexibility index (Phi) is 18.3. The van der Waals surface area contributed by atoms with Gasteiger partial charge in [-0.05, 0) is 0 Å². The first-order chi connectivity index (χ1) is 8.31. The molecule has 0 nitrogen and oxygen atoms in total. The van der Waals surface area contributed by atoms with Gasteiger partial charge < -0.3 is 24.8 Å². The Hall–Kier alpha value is 0.471. The number of hydrogen-bond donors (Lipinski definition) is 0. The van der Waals surface area contributed by atoms with Crippen molar-refractivity contribution >= 4 is 6.19 Å². The molecule has 112 valence electrons. The van der Waals surface area contributed by atoms with Crippen LogP contribution in [0.5, 0.6) is 0 Å². The second kappa shape index (κ2) is 14.4. The number of hydrogen-bond acceptors (Lipinski definition) is 0. The van der Waals surface area contributed by atoms with E-state index in [4.69, 9.17) is 0 Å². The Morgan fingerprint density at radius 3 is 1.15 bits per heavy atom. The van der Waals surface area contributed by atoms with Crippen molar-refractivity contribution in [3.63, 3.8) is 0 Å². The van der Waals surface area contributed by atoms with Gasteiger partial charge in [0.15, 0.2) is 0 Å². The number of rotatable bonds is 0. The second-order valence-electron chi connectivity index (χ2n) is 5.05. The summed E-state index contributed by atoms with van der Waals surface area (Å²) in [7, 11) is 0. The van der Waals surface area contributed by atoms with Gasteiger partial charge in [0.05, 0.1) is 0 Å². The van der Waals surface area contributed by atoms with Crippen molar-refractivity contribution in [3.05, 3.63) is 46.6 Å². The molecule has 0 aliphatic heterocycles. The summed E-state index contributed by atoms with van der Waals surface area (Å²) in [5, 5.41) is 0. The molecule has 0 aromatic rings. The molecule has 0 atom stereocenters. The van der Waals surface area contributed by atoms with E-state index in [9.17, 15) is 0 Å². The molecule has 0 spiro atoms. The Labute approximate surface area is 149 Å². The second-order valence-corrected chi connectivity index (χ2v) is 11.7. The molecular weight excluding hydrogens is 339 g/mol. The van der Waals surface area contributed by atoms with Crippen LogP contribution in [0.25, 0.3) is 0 Å². The molecule has 0 saturated heterocycles. The van der Waals surface area contributed by atoms with Crippen molar-refractivity contribution in [2.24, 2.45) is 0 Å². The standard InChI is InChI=1S/2C7H9.C2H6Si.2ClH.Ti/c2*1-6-3-4-7(2)5-6;1-3-2;;;/h2*5H,3H2,1-2H3;1-2H3;2*1H;/q2*-1;;;;+2/p-2. The molecule has 0 aromatic heterocycles. The average Bonchev–Trinajstić information content (AvgIpc) is 2.76. The van der Waals surface area contributed by atoms with Crippen molar-refractivity contribution < 1.29 is 44.0 Å². The third-order valence-corrected chi connectivity index (χ3v) is 2.22. The molecule has 0 amide bonds. The SMILES string of the molecule is CC1=[C-]CC(C)=C1.CC1=[C-]CC(C)=C1.C[Si](C)=[Ti+2].[Cl-].[Cl-]. The fourth-order valence-electron chi connectivity index (χ4n) is 1.50. The Morgan fingerprint density at radius 2 is 1.10 bits per heavy atom. The monoisotopic (exact) mass is 362 g/mol. The zero-order valence-corrected chi connectivity index (χ0v) is 17.4. The van der Waals surface area contributed by atoms with E-state index >= 15 is 0 Å². The first-order valence-corrected chi connectivity index (χ1v) is 11.2. The van der Waals surface area contributed by atoms with Gasteiger partial charge in [0.25, 0.3) is 0 Å². The van der Waals surface area contributed by atoms with Gasteiger partial charge in [0.2, 0.25) is 0 Å². The summed E-state index contributed by atoms with van der Waals surface area (Å²) < 4.78 is 0. The molecule has 2 aliphatic carbocycles. The van der Waals surface area contributed by atoms with Crippen molar-refractivity contribution in [3.8, 4) is 0 Å². The number of halogens is 2. The van der Waals surface area contributed by atoms with Crippen molar-refractivity contribution in [2.75, 3.05) is 0 Å². The molecule has 0 radical (unpaired) electrons. The van der Waals surface area contributed by atoms with Gasteiger partial charge in [-0.2, -0.15) is 11.1 Å². The van der Waals surface area contributed by atoms with E-state index in [1.165, 1.54) is 22.3 Å². The summed E-state index contributed by atoms with van der Waals surface area (Å²) in [5.74, 6) is 0. The van der Waals surface area contributed by atoms with Crippen LogP contribution in [-0.4, -0.2) is 6.19 Å². The van der Waals surface area contributed by atoms with Gasteiger partial charge in [0.1, 0.15) is 0 Å². The zero-order valence-electron chi connectivity index (χ0n) is 13.3. The fraction of sp³-hybridized carbons (Fsp3) is 0.500. The molecular formula is C16H24Cl2SiTi-2. The summed E-state index contributed by atoms with van der Waals surface area (Å²) in [4.78, 5) is 0. The molecule has 0 bridgehead atoms. The van der Waals surface area contributed by atoms with Crippen LogP contribution in [0.15, 0.2) is 34.4 Å². The van der Waals surface area contributed by atoms with Gasteiger partial charge >= 0.3 is 38.5 Å². The first kappa shape index (κ1) is 25.4. The summed E-state index contributed by atoms with van der Waals surface area (Å²) in [6, 6.07) is 0. The van der Waals surface area contributed by atoms with Crippen LogP contribution in [0.3, 0.4) is 0 Å². The summed E-state index contributed by atoms with van der Waals surface area (Å²) in [6.07, 6.45) is 12.9. The minimum absolute atomic E-state index is 0. The van der Waals surface area contributed by atoms with Gasteiger partial charge in [-0.15, -0.1) is 12.8 Å². The van der Waals surface area contributed by atoms with Crippen LogP contribution in [0.1, 0.15) is 40.5 Å². The Morgan fingerprint density at radius 1 is 0.850 bits per heavy atom. The van der Waals surface area contributed by atoms with Crippen LogP contribution in [0.4, 0.5) is 0 Å². The third-order valence-electron chi connectivity index (χ3n) is 2.22. The molecule has 2 aliphatic rings. The first-order valence-electron chi connectivity index (χ1n) is 6.32. The van der Waals surface area contributed by atoms with Crippen LogP contribution in [0.2, 0.25) is 13.1 Å². The van der Waals surface area contributed by atoms with E-state index in [0.29, 0.717) is 0 Å². The van der Waals surface area contributed by atoms with Gasteiger partial charge in [-0.1, -0.05) is 27.7 Å². The van der Waals surface area contributed by atoms with Crippen molar-refractivity contribution in [1.29, 1.82) is 0 Å². The van der Waals surface area contributed by atoms with E-state index in [1.54, 1.807) is 0 Å². The normalized spacial score (nSPS) is 14.8. The molecule has 4 heteroatoms. The summed E-state index contributed by atoms with van der Waals surface area (Å²) in [5.41, 5.74) is 5.44. The van der Waals surface area contributed by atoms with E-state index < -0.39 is 0 Å². The predicted octanol–water partition coefficient (Wildman–Crippen LogP) is -1.04. The fourth-order valence-corrected chi connectivity index (χ4v) is 1.50. The summed E-state index contributed by atoms with van der Waals surface area (Å²) >= 11 is 2.27. The molecule has 20 heavy (non-hydrogen) atoms. The molecule has 0 fully saturated rings. The molecule has 0 heterocycles. The minimum Gasteiger partial charge on any atom is -1.00 e. The zero-order chi connectivity index (χ0) is 14.1. The van der Waals surface area contributed by atoms with E-state index in [-0.39, 0.29) is 31.0 Å². The van der Waals surface area contributed by atoms with E-state index in [0.717, 1.165) is 12.8 Å². The van der Waals surface area contributed by atoms with Gasteiger partial charge in [0, 0.05) is 0 Å². The maximum Gasteiger partial charge on any atom is -1.00 e. The molecule has 0 aromatic carbocycles. The summed E-state index contributed by atoms with van der Waals surface area (Å²) in [6.45, 7) is 13.0. The topological polar surface area (TPSA) is 0 Å². The Balaban J connectivity index is -0.000000215.